The summed E-state index contributed by atoms with van der Waals surface area (Å²) in [5, 5.41) is 9.70. The van der Waals surface area contributed by atoms with Crippen molar-refractivity contribution in [2.24, 2.45) is 11.5 Å². The Bertz CT molecular complexity index is 2520. The molecule has 3 heteroatoms. The average Bonchev–Trinajstić information content (AvgIpc) is 3.66. The van der Waals surface area contributed by atoms with E-state index in [9.17, 15) is 0 Å². The maximum Gasteiger partial charge on any atom is 0.122 e. The third kappa shape index (κ3) is 12.4. The molecule has 0 aliphatic heterocycles. The third-order valence-electron chi connectivity index (χ3n) is 10.3. The topological polar surface area (TPSA) is 75.9 Å². The van der Waals surface area contributed by atoms with Gasteiger partial charge in [0.1, 0.15) is 5.84 Å². The summed E-state index contributed by atoms with van der Waals surface area (Å²) in [6.45, 7) is 19.4. The monoisotopic (exact) mass is 802 g/mol. The molecule has 8 aromatic rings. The van der Waals surface area contributed by atoms with E-state index in [2.05, 4.69) is 180 Å². The van der Waals surface area contributed by atoms with Crippen LogP contribution in [0.2, 0.25) is 0 Å². The van der Waals surface area contributed by atoms with E-state index in [0.29, 0.717) is 12.5 Å². The third-order valence-corrected chi connectivity index (χ3v) is 10.3. The van der Waals surface area contributed by atoms with Crippen LogP contribution < -0.4 is 11.5 Å². The Balaban J connectivity index is 0.000000216. The first kappa shape index (κ1) is 46.9. The Morgan fingerprint density at radius 3 is 1.57 bits per heavy atom. The zero-order valence-corrected chi connectivity index (χ0v) is 37.0. The van der Waals surface area contributed by atoms with E-state index in [0.717, 1.165) is 17.5 Å². The average molecular weight is 802 g/mol. The number of nitrogen functional groups attached to an aromatic ring is 1. The van der Waals surface area contributed by atoms with Crippen LogP contribution in [0.4, 0.5) is 0 Å². The predicted octanol–water partition coefficient (Wildman–Crippen LogP) is 15.4. The molecule has 1 aliphatic rings. The van der Waals surface area contributed by atoms with Crippen LogP contribution in [0.25, 0.3) is 55.3 Å². The highest BCUT2D eigenvalue weighted by Gasteiger charge is 2.22. The maximum absolute atomic E-state index is 7.01. The quantitative estimate of drug-likeness (QED) is 0.0890. The molecule has 9 rings (SSSR count). The van der Waals surface area contributed by atoms with Gasteiger partial charge in [0.15, 0.2) is 0 Å². The Hall–Kier alpha value is -6.81. The number of hydrogen-bond acceptors (Lipinski definition) is 2. The van der Waals surface area contributed by atoms with Crippen LogP contribution >= 0.6 is 0 Å². The lowest BCUT2D eigenvalue weighted by Crippen LogP contribution is -2.10. The number of amidine groups is 1. The fourth-order valence-corrected chi connectivity index (χ4v) is 7.33. The normalized spacial score (nSPS) is 10.1. The standard InChI is InChI=1S/C29H21N.C11H16.C7H8N2.C7H8.C2H6.C2H4/c30-18-19-11-13-20(14-12-19)21-5-3-6-22(17-21)23-15-16-28-25-8-2-1-7-24(25)27-10-4-9-26(23)29(27)28;1-4-10-7-5-6-8-11(10)9(2)3;8-7(9)6-4-2-1-3-5-6;1-7-5-3-2-4-6-7;2*1-2/h1-17H,18,30H2;5-9H,4H2,1-3H3;1-5H,(H3,8,9);2-6H,1H3;1-2H3;1-2H2. The van der Waals surface area contributed by atoms with E-state index in [4.69, 9.17) is 16.9 Å². The van der Waals surface area contributed by atoms with Gasteiger partial charge in [0, 0.05) is 12.1 Å². The molecule has 310 valence electrons. The summed E-state index contributed by atoms with van der Waals surface area (Å²) >= 11 is 0. The minimum atomic E-state index is 0.121. The molecule has 0 radical (unpaired) electrons. The molecule has 1 aliphatic carbocycles. The van der Waals surface area contributed by atoms with Gasteiger partial charge in [-0.05, 0) is 97.3 Å². The molecule has 5 N–H and O–H groups in total. The lowest BCUT2D eigenvalue weighted by atomic mass is 9.92. The molecule has 0 saturated heterocycles. The fraction of sp³-hybridized carbons (Fsp3) is 0.155. The molecular formula is C58H63N3. The highest BCUT2D eigenvalue weighted by molar-refractivity contribution is 6.18. The van der Waals surface area contributed by atoms with Gasteiger partial charge in [-0.15, -0.1) is 13.2 Å². The smallest absolute Gasteiger partial charge is 0.122 e. The van der Waals surface area contributed by atoms with Crippen molar-refractivity contribution in [2.75, 3.05) is 0 Å². The summed E-state index contributed by atoms with van der Waals surface area (Å²) < 4.78 is 0. The molecule has 0 amide bonds. The van der Waals surface area contributed by atoms with Gasteiger partial charge in [-0.1, -0.05) is 222 Å². The minimum absolute atomic E-state index is 0.121. The summed E-state index contributed by atoms with van der Waals surface area (Å²) in [7, 11) is 0. The number of aryl methyl sites for hydroxylation is 2. The van der Waals surface area contributed by atoms with Crippen molar-refractivity contribution in [1.82, 2.24) is 0 Å². The van der Waals surface area contributed by atoms with E-state index >= 15 is 0 Å². The number of fused-ring (bicyclic) bond motifs is 3. The Morgan fingerprint density at radius 1 is 0.541 bits per heavy atom. The van der Waals surface area contributed by atoms with Crippen molar-refractivity contribution in [3.63, 3.8) is 0 Å². The van der Waals surface area contributed by atoms with Gasteiger partial charge in [0.05, 0.1) is 0 Å². The second-order valence-corrected chi connectivity index (χ2v) is 14.6. The van der Waals surface area contributed by atoms with Crippen LogP contribution in [0.3, 0.4) is 0 Å². The minimum Gasteiger partial charge on any atom is -0.384 e. The van der Waals surface area contributed by atoms with Crippen LogP contribution in [0.5, 0.6) is 0 Å². The lowest BCUT2D eigenvalue weighted by molar-refractivity contribution is 0.844. The van der Waals surface area contributed by atoms with Gasteiger partial charge < -0.3 is 11.5 Å². The van der Waals surface area contributed by atoms with Gasteiger partial charge in [-0.25, -0.2) is 0 Å². The van der Waals surface area contributed by atoms with Gasteiger partial charge >= 0.3 is 0 Å². The van der Waals surface area contributed by atoms with Crippen LogP contribution in [0.15, 0.2) is 201 Å². The molecule has 61 heavy (non-hydrogen) atoms. The molecule has 0 spiro atoms. The SMILES string of the molecule is C=C.CC.CCc1ccccc1C(C)C.Cc1ccccc1.N=C(N)c1ccccc1.NCc1ccc(-c2cccc(-c3ccc4c5c(cccc35)-c3ccccc3-4)c2)cc1. The zero-order chi connectivity index (χ0) is 44.1. The van der Waals surface area contributed by atoms with E-state index in [1.165, 1.54) is 72.0 Å². The summed E-state index contributed by atoms with van der Waals surface area (Å²) in [6, 6.07) is 65.5. The molecule has 0 atom stereocenters. The second-order valence-electron chi connectivity index (χ2n) is 14.6. The number of benzene rings is 8. The van der Waals surface area contributed by atoms with Crippen molar-refractivity contribution >= 4 is 16.6 Å². The summed E-state index contributed by atoms with van der Waals surface area (Å²) in [5.41, 5.74) is 27.5. The highest BCUT2D eigenvalue weighted by Crippen LogP contribution is 2.49. The Kier molecular flexibility index (Phi) is 18.7. The molecule has 0 saturated carbocycles. The summed E-state index contributed by atoms with van der Waals surface area (Å²) in [5.74, 6) is 0.779. The summed E-state index contributed by atoms with van der Waals surface area (Å²) in [4.78, 5) is 0. The predicted molar refractivity (Wildman–Crippen MR) is 268 cm³/mol. The zero-order valence-electron chi connectivity index (χ0n) is 37.0. The van der Waals surface area contributed by atoms with Gasteiger partial charge in [-0.2, -0.15) is 0 Å². The molecule has 0 fully saturated rings. The van der Waals surface area contributed by atoms with Crippen molar-refractivity contribution in [2.45, 2.75) is 60.4 Å². The summed E-state index contributed by atoms with van der Waals surface area (Å²) in [6.07, 6.45) is 1.15. The molecular weight excluding hydrogens is 739 g/mol. The van der Waals surface area contributed by atoms with Gasteiger partial charge in [0.2, 0.25) is 0 Å². The number of rotatable bonds is 6. The van der Waals surface area contributed by atoms with E-state index in [-0.39, 0.29) is 5.84 Å². The largest absolute Gasteiger partial charge is 0.384 e. The van der Waals surface area contributed by atoms with Crippen molar-refractivity contribution in [3.05, 3.63) is 229 Å². The van der Waals surface area contributed by atoms with E-state index < -0.39 is 0 Å². The van der Waals surface area contributed by atoms with E-state index in [1.807, 2.05) is 62.4 Å². The molecule has 0 bridgehead atoms. The van der Waals surface area contributed by atoms with Crippen LogP contribution in [-0.2, 0) is 13.0 Å². The molecule has 0 heterocycles. The van der Waals surface area contributed by atoms with Crippen LogP contribution in [0, 0.1) is 12.3 Å². The van der Waals surface area contributed by atoms with Gasteiger partial charge in [0.25, 0.3) is 0 Å². The highest BCUT2D eigenvalue weighted by atomic mass is 14.7. The van der Waals surface area contributed by atoms with Crippen molar-refractivity contribution in [3.8, 4) is 44.5 Å². The Morgan fingerprint density at radius 2 is 1.05 bits per heavy atom. The molecule has 0 aromatic heterocycles. The van der Waals surface area contributed by atoms with Crippen LogP contribution in [-0.4, -0.2) is 5.84 Å². The second kappa shape index (κ2) is 24.3. The maximum atomic E-state index is 7.01. The number of nitrogens with one attached hydrogen (secondary N) is 1. The fourth-order valence-electron chi connectivity index (χ4n) is 7.33. The first-order valence-corrected chi connectivity index (χ1v) is 21.3. The van der Waals surface area contributed by atoms with Crippen LogP contribution in [0.1, 0.15) is 68.4 Å². The first-order valence-electron chi connectivity index (χ1n) is 21.3. The molecule has 0 unspecified atom stereocenters. The first-order chi connectivity index (χ1) is 29.8. The number of hydrogen-bond donors (Lipinski definition) is 3. The van der Waals surface area contributed by atoms with Crippen molar-refractivity contribution in [1.29, 1.82) is 5.41 Å². The van der Waals surface area contributed by atoms with Gasteiger partial charge in [-0.3, -0.25) is 5.41 Å². The van der Waals surface area contributed by atoms with E-state index in [1.54, 1.807) is 0 Å². The van der Waals surface area contributed by atoms with Crippen molar-refractivity contribution < 1.29 is 0 Å². The number of nitrogens with two attached hydrogens (primary N) is 2. The molecule has 8 aromatic carbocycles. The Labute approximate surface area is 366 Å². The molecule has 3 nitrogen and oxygen atoms in total. The lowest BCUT2D eigenvalue weighted by Gasteiger charge is -2.11.